The van der Waals surface area contributed by atoms with Crippen molar-refractivity contribution >= 4 is 17.5 Å². The first-order valence-corrected chi connectivity index (χ1v) is 17.0. The quantitative estimate of drug-likeness (QED) is 0.130. The highest BCUT2D eigenvalue weighted by molar-refractivity contribution is 6.30. The van der Waals surface area contributed by atoms with Gasteiger partial charge in [-0.2, -0.15) is 0 Å². The van der Waals surface area contributed by atoms with Crippen LogP contribution in [0.5, 0.6) is 11.5 Å². The van der Waals surface area contributed by atoms with E-state index in [1.165, 1.54) is 34.4 Å². The number of fused-ring (bicyclic) bond motifs is 1. The third-order valence-corrected chi connectivity index (χ3v) is 10.0. The summed E-state index contributed by atoms with van der Waals surface area (Å²) in [4.78, 5) is 15.3. The van der Waals surface area contributed by atoms with Crippen LogP contribution >= 0.6 is 11.6 Å². The van der Waals surface area contributed by atoms with E-state index in [0.717, 1.165) is 62.3 Å². The molecule has 1 aliphatic rings. The number of rotatable bonds is 15. The molecule has 5 nitrogen and oxygen atoms in total. The van der Waals surface area contributed by atoms with Gasteiger partial charge in [-0.3, -0.25) is 9.69 Å². The SMILES string of the molecule is COc1cc2c(cc1OC)C(C)N(CCCC(CCCNC(=O)CCc1ccc(Cl)c(F)c1)(c1ccccc1)c1ccccc1)CC2. The van der Waals surface area contributed by atoms with Crippen LogP contribution in [0.4, 0.5) is 4.39 Å². The van der Waals surface area contributed by atoms with Crippen molar-refractivity contribution in [1.29, 1.82) is 0 Å². The van der Waals surface area contributed by atoms with Crippen molar-refractivity contribution in [1.82, 2.24) is 10.2 Å². The molecule has 0 fully saturated rings. The molecule has 0 radical (unpaired) electrons. The Morgan fingerprint density at radius 2 is 1.55 bits per heavy atom. The van der Waals surface area contributed by atoms with E-state index in [-0.39, 0.29) is 22.4 Å². The first-order valence-electron chi connectivity index (χ1n) is 16.6. The van der Waals surface area contributed by atoms with E-state index in [2.05, 4.69) is 89.9 Å². The Morgan fingerprint density at radius 3 is 2.19 bits per heavy atom. The van der Waals surface area contributed by atoms with Crippen LogP contribution in [0.3, 0.4) is 0 Å². The number of nitrogens with one attached hydrogen (secondary N) is 1. The van der Waals surface area contributed by atoms with Gasteiger partial charge in [-0.25, -0.2) is 4.39 Å². The topological polar surface area (TPSA) is 50.8 Å². The van der Waals surface area contributed by atoms with Crippen LogP contribution in [0.25, 0.3) is 0 Å². The molecule has 4 aromatic rings. The highest BCUT2D eigenvalue weighted by Gasteiger charge is 2.34. The van der Waals surface area contributed by atoms with Crippen LogP contribution in [-0.4, -0.2) is 44.7 Å². The lowest BCUT2D eigenvalue weighted by atomic mass is 9.68. The molecule has 248 valence electrons. The van der Waals surface area contributed by atoms with Crippen molar-refractivity contribution in [2.75, 3.05) is 33.9 Å². The monoisotopic (exact) mass is 656 g/mol. The summed E-state index contributed by atoms with van der Waals surface area (Å²) in [5, 5.41) is 3.20. The number of ether oxygens (including phenoxy) is 2. The summed E-state index contributed by atoms with van der Waals surface area (Å²) in [5.74, 6) is 1.08. The van der Waals surface area contributed by atoms with Crippen molar-refractivity contribution in [3.05, 3.63) is 130 Å². The van der Waals surface area contributed by atoms with Gasteiger partial charge in [-0.15, -0.1) is 0 Å². The summed E-state index contributed by atoms with van der Waals surface area (Å²) in [5.41, 5.74) is 5.81. The minimum absolute atomic E-state index is 0.0287. The van der Waals surface area contributed by atoms with E-state index in [1.807, 2.05) is 0 Å². The standard InChI is InChI=1S/C40H46ClFN2O3/c1-29-34-28-38(47-3)37(46-2)27-31(34)20-25-44(29)24-11-22-40(32-12-6-4-7-13-32,33-14-8-5-9-15-33)21-10-23-43-39(45)19-17-30-16-18-35(41)36(42)26-30/h4-9,12-16,18,26-29H,10-11,17,19-25H2,1-3H3,(H,43,45). The van der Waals surface area contributed by atoms with Gasteiger partial charge in [0.05, 0.1) is 19.2 Å². The molecular formula is C40H46ClFN2O3. The van der Waals surface area contributed by atoms with Gasteiger partial charge in [0.2, 0.25) is 5.91 Å². The molecular weight excluding hydrogens is 611 g/mol. The Balaban J connectivity index is 1.26. The summed E-state index contributed by atoms with van der Waals surface area (Å²) in [6.45, 7) is 4.86. The molecule has 47 heavy (non-hydrogen) atoms. The molecule has 1 unspecified atom stereocenters. The van der Waals surface area contributed by atoms with E-state index >= 15 is 0 Å². The van der Waals surface area contributed by atoms with E-state index in [0.29, 0.717) is 19.4 Å². The van der Waals surface area contributed by atoms with Crippen molar-refractivity contribution in [3.63, 3.8) is 0 Å². The Morgan fingerprint density at radius 1 is 0.915 bits per heavy atom. The normalized spacial score (nSPS) is 14.8. The van der Waals surface area contributed by atoms with Gasteiger partial charge in [0.25, 0.3) is 0 Å². The third kappa shape index (κ3) is 8.35. The van der Waals surface area contributed by atoms with Crippen LogP contribution in [0.15, 0.2) is 91.0 Å². The predicted octanol–water partition coefficient (Wildman–Crippen LogP) is 8.71. The molecule has 1 heterocycles. The molecule has 0 saturated carbocycles. The molecule has 1 atom stereocenters. The number of benzene rings is 4. The average molecular weight is 657 g/mol. The Kier molecular flexibility index (Phi) is 12.0. The molecule has 0 aromatic heterocycles. The van der Waals surface area contributed by atoms with E-state index in [1.54, 1.807) is 20.3 Å². The minimum Gasteiger partial charge on any atom is -0.493 e. The molecule has 7 heteroatoms. The number of methoxy groups -OCH3 is 2. The van der Waals surface area contributed by atoms with Gasteiger partial charge < -0.3 is 14.8 Å². The zero-order valence-corrected chi connectivity index (χ0v) is 28.5. The smallest absolute Gasteiger partial charge is 0.220 e. The van der Waals surface area contributed by atoms with Crippen molar-refractivity contribution in [2.45, 2.75) is 63.3 Å². The lowest BCUT2D eigenvalue weighted by Gasteiger charge is -2.39. The Bertz CT molecular complexity index is 1580. The summed E-state index contributed by atoms with van der Waals surface area (Å²) in [7, 11) is 3.38. The molecule has 0 aliphatic carbocycles. The molecule has 0 saturated heterocycles. The fourth-order valence-corrected chi connectivity index (χ4v) is 7.25. The summed E-state index contributed by atoms with van der Waals surface area (Å²) in [6, 6.07) is 30.9. The van der Waals surface area contributed by atoms with E-state index in [4.69, 9.17) is 21.1 Å². The van der Waals surface area contributed by atoms with Gasteiger partial charge in [0.15, 0.2) is 11.5 Å². The van der Waals surface area contributed by atoms with Crippen molar-refractivity contribution in [2.24, 2.45) is 0 Å². The summed E-state index contributed by atoms with van der Waals surface area (Å²) < 4.78 is 25.0. The minimum atomic E-state index is -0.455. The van der Waals surface area contributed by atoms with Crippen molar-refractivity contribution < 1.29 is 18.7 Å². The number of carbonyl (C=O) groups is 1. The number of carbonyl (C=O) groups excluding carboxylic acids is 1. The molecule has 0 spiro atoms. The third-order valence-electron chi connectivity index (χ3n) is 9.74. The fourth-order valence-electron chi connectivity index (χ4n) is 7.13. The number of amides is 1. The van der Waals surface area contributed by atoms with Gasteiger partial charge in [0, 0.05) is 31.0 Å². The zero-order chi connectivity index (χ0) is 33.2. The second kappa shape index (κ2) is 16.3. The van der Waals surface area contributed by atoms with Crippen LogP contribution < -0.4 is 14.8 Å². The lowest BCUT2D eigenvalue weighted by molar-refractivity contribution is -0.121. The average Bonchev–Trinajstić information content (AvgIpc) is 3.11. The first kappa shape index (κ1) is 34.5. The van der Waals surface area contributed by atoms with E-state index in [9.17, 15) is 9.18 Å². The van der Waals surface area contributed by atoms with Crippen LogP contribution in [0.2, 0.25) is 5.02 Å². The number of hydrogen-bond acceptors (Lipinski definition) is 4. The zero-order valence-electron chi connectivity index (χ0n) is 27.7. The van der Waals surface area contributed by atoms with Gasteiger partial charge in [-0.1, -0.05) is 78.3 Å². The van der Waals surface area contributed by atoms with Gasteiger partial charge in [0.1, 0.15) is 5.82 Å². The number of halogens is 2. The van der Waals surface area contributed by atoms with Crippen LogP contribution in [-0.2, 0) is 23.1 Å². The molecule has 1 aliphatic heterocycles. The maximum Gasteiger partial charge on any atom is 0.220 e. The van der Waals surface area contributed by atoms with Crippen molar-refractivity contribution in [3.8, 4) is 11.5 Å². The number of hydrogen-bond donors (Lipinski definition) is 1. The van der Waals surface area contributed by atoms with Gasteiger partial charge in [-0.05, 0) is 104 Å². The number of aryl methyl sites for hydroxylation is 1. The second-order valence-corrected chi connectivity index (χ2v) is 12.9. The first-order chi connectivity index (χ1) is 22.8. The molecule has 4 aromatic carbocycles. The highest BCUT2D eigenvalue weighted by atomic mass is 35.5. The Labute approximate surface area is 284 Å². The summed E-state index contributed by atoms with van der Waals surface area (Å²) >= 11 is 5.80. The van der Waals surface area contributed by atoms with Crippen LogP contribution in [0.1, 0.15) is 72.9 Å². The molecule has 0 bridgehead atoms. The van der Waals surface area contributed by atoms with Gasteiger partial charge >= 0.3 is 0 Å². The molecule has 5 rings (SSSR count). The maximum absolute atomic E-state index is 13.8. The molecule has 1 amide bonds. The predicted molar refractivity (Wildman–Crippen MR) is 188 cm³/mol. The Hall–Kier alpha value is -3.87. The molecule has 1 N–H and O–H groups in total. The second-order valence-electron chi connectivity index (χ2n) is 12.5. The number of nitrogens with zero attached hydrogens (tertiary/aromatic N) is 1. The largest absolute Gasteiger partial charge is 0.493 e. The van der Waals surface area contributed by atoms with E-state index < -0.39 is 5.82 Å². The van der Waals surface area contributed by atoms with Crippen LogP contribution in [0, 0.1) is 5.82 Å². The summed E-state index contributed by atoms with van der Waals surface area (Å²) in [6.07, 6.45) is 5.51. The lowest BCUT2D eigenvalue weighted by Crippen LogP contribution is -2.36. The maximum atomic E-state index is 13.8. The highest BCUT2D eigenvalue weighted by Crippen LogP contribution is 2.42. The fraction of sp³-hybridized carbons (Fsp3) is 0.375.